The predicted octanol–water partition coefficient (Wildman–Crippen LogP) is 4.91. The number of rotatable bonds is 5. The summed E-state index contributed by atoms with van der Waals surface area (Å²) in [6, 6.07) is 16.5. The van der Waals surface area contributed by atoms with E-state index in [9.17, 15) is 4.39 Å². The van der Waals surface area contributed by atoms with Crippen LogP contribution in [0, 0.1) is 11.2 Å². The van der Waals surface area contributed by atoms with Gasteiger partial charge in [0, 0.05) is 31.3 Å². The standard InChI is InChI=1S/C23H25FN4O/c1-15(2)22(21-13-18(27-29-21)14-26-23(25)28(3)4)17-10-11-19(20(24)12-17)16-8-6-5-7-9-16/h5-13H,14H2,1-4H3,(H2,25,26). The van der Waals surface area contributed by atoms with Crippen molar-refractivity contribution in [1.29, 1.82) is 5.41 Å². The van der Waals surface area contributed by atoms with Crippen LogP contribution in [0.3, 0.4) is 0 Å². The molecule has 29 heavy (non-hydrogen) atoms. The first-order valence-electron chi connectivity index (χ1n) is 9.35. The molecule has 3 aromatic rings. The number of nitrogens with one attached hydrogen (secondary N) is 2. The molecule has 2 N–H and O–H groups in total. The first kappa shape index (κ1) is 20.3. The van der Waals surface area contributed by atoms with Crippen LogP contribution in [0.4, 0.5) is 4.39 Å². The van der Waals surface area contributed by atoms with Crippen LogP contribution in [0.2, 0.25) is 0 Å². The summed E-state index contributed by atoms with van der Waals surface area (Å²) >= 11 is 0. The van der Waals surface area contributed by atoms with E-state index in [1.54, 1.807) is 25.1 Å². The average Bonchev–Trinajstić information content (AvgIpc) is 3.15. The van der Waals surface area contributed by atoms with E-state index in [-0.39, 0.29) is 11.8 Å². The molecule has 0 aliphatic heterocycles. The maximum Gasteiger partial charge on any atom is 0.190 e. The topological polar surface area (TPSA) is 65.2 Å². The average molecular weight is 392 g/mol. The zero-order chi connectivity index (χ0) is 21.0. The van der Waals surface area contributed by atoms with Crippen LogP contribution in [0.1, 0.15) is 30.9 Å². The molecule has 0 bridgehead atoms. The van der Waals surface area contributed by atoms with E-state index in [4.69, 9.17) is 9.93 Å². The lowest BCUT2D eigenvalue weighted by molar-refractivity contribution is 0.401. The van der Waals surface area contributed by atoms with Crippen LogP contribution >= 0.6 is 0 Å². The largest absolute Gasteiger partial charge is 0.356 e. The molecule has 6 heteroatoms. The summed E-state index contributed by atoms with van der Waals surface area (Å²) in [5, 5.41) is 14.9. The normalized spacial score (nSPS) is 10.5. The van der Waals surface area contributed by atoms with Gasteiger partial charge in [0.15, 0.2) is 11.7 Å². The van der Waals surface area contributed by atoms with Crippen LogP contribution in [0.15, 0.2) is 64.7 Å². The van der Waals surface area contributed by atoms with Gasteiger partial charge in [-0.2, -0.15) is 0 Å². The van der Waals surface area contributed by atoms with Gasteiger partial charge in [0.25, 0.3) is 0 Å². The molecule has 1 heterocycles. The lowest BCUT2D eigenvalue weighted by Crippen LogP contribution is -2.34. The van der Waals surface area contributed by atoms with Crippen LogP contribution in [-0.2, 0) is 6.54 Å². The lowest BCUT2D eigenvalue weighted by atomic mass is 9.95. The van der Waals surface area contributed by atoms with Gasteiger partial charge in [0.1, 0.15) is 11.5 Å². The molecule has 0 radical (unpaired) electrons. The summed E-state index contributed by atoms with van der Waals surface area (Å²) in [6.07, 6.45) is 0. The van der Waals surface area contributed by atoms with Crippen molar-refractivity contribution < 1.29 is 8.91 Å². The molecule has 5 nitrogen and oxygen atoms in total. The molecule has 0 saturated carbocycles. The first-order chi connectivity index (χ1) is 13.9. The highest BCUT2D eigenvalue weighted by atomic mass is 19.1. The third-order valence-electron chi connectivity index (χ3n) is 4.53. The SMILES string of the molecule is CC(C)=C(c1ccc(-c2ccccc2)c(F)c1)c1cc(CNC(=N)N(C)C)no1. The molecule has 2 aromatic carbocycles. The van der Waals surface area contributed by atoms with Gasteiger partial charge in [-0.25, -0.2) is 4.39 Å². The van der Waals surface area contributed by atoms with Crippen LogP contribution < -0.4 is 5.32 Å². The Balaban J connectivity index is 1.87. The van der Waals surface area contributed by atoms with Crippen molar-refractivity contribution in [3.63, 3.8) is 0 Å². The second-order valence-electron chi connectivity index (χ2n) is 7.21. The van der Waals surface area contributed by atoms with E-state index in [0.29, 0.717) is 23.6 Å². The number of hydrogen-bond acceptors (Lipinski definition) is 3. The highest BCUT2D eigenvalue weighted by Crippen LogP contribution is 2.31. The number of hydrogen-bond donors (Lipinski definition) is 2. The minimum Gasteiger partial charge on any atom is -0.356 e. The van der Waals surface area contributed by atoms with Crippen LogP contribution in [0.25, 0.3) is 16.7 Å². The monoisotopic (exact) mass is 392 g/mol. The Bertz CT molecular complexity index is 1030. The maximum atomic E-state index is 14.9. The molecule has 0 spiro atoms. The number of allylic oxidation sites excluding steroid dienone is 1. The Hall–Kier alpha value is -3.41. The number of guanidine groups is 1. The molecule has 0 atom stereocenters. The summed E-state index contributed by atoms with van der Waals surface area (Å²) in [7, 11) is 3.58. The maximum absolute atomic E-state index is 14.9. The van der Waals surface area contributed by atoms with Crippen LogP contribution in [-0.4, -0.2) is 30.1 Å². The summed E-state index contributed by atoms with van der Waals surface area (Å²) in [4.78, 5) is 1.67. The number of aromatic nitrogens is 1. The molecule has 150 valence electrons. The molecule has 0 fully saturated rings. The summed E-state index contributed by atoms with van der Waals surface area (Å²) in [5.41, 5.74) is 4.61. The fourth-order valence-corrected chi connectivity index (χ4v) is 3.05. The van der Waals surface area contributed by atoms with Gasteiger partial charge in [-0.3, -0.25) is 5.41 Å². The van der Waals surface area contributed by atoms with Crippen molar-refractivity contribution in [1.82, 2.24) is 15.4 Å². The second-order valence-corrected chi connectivity index (χ2v) is 7.21. The third kappa shape index (κ3) is 4.71. The van der Waals surface area contributed by atoms with Crippen molar-refractivity contribution in [2.24, 2.45) is 0 Å². The van der Waals surface area contributed by atoms with Gasteiger partial charge in [-0.05, 0) is 31.0 Å². The molecule has 0 aliphatic rings. The zero-order valence-electron chi connectivity index (χ0n) is 17.1. The van der Waals surface area contributed by atoms with E-state index in [1.807, 2.05) is 56.3 Å². The van der Waals surface area contributed by atoms with Gasteiger partial charge in [0.2, 0.25) is 0 Å². The molecule has 3 rings (SSSR count). The smallest absolute Gasteiger partial charge is 0.190 e. The lowest BCUT2D eigenvalue weighted by Gasteiger charge is -2.13. The minimum absolute atomic E-state index is 0.284. The second kappa shape index (κ2) is 8.73. The molecule has 0 unspecified atom stereocenters. The fourth-order valence-electron chi connectivity index (χ4n) is 3.05. The van der Waals surface area contributed by atoms with Gasteiger partial charge in [0.05, 0.1) is 6.54 Å². The highest BCUT2D eigenvalue weighted by Gasteiger charge is 2.16. The molecule has 0 amide bonds. The molecule has 1 aromatic heterocycles. The highest BCUT2D eigenvalue weighted by molar-refractivity contribution is 5.81. The number of nitrogens with zero attached hydrogens (tertiary/aromatic N) is 2. The predicted molar refractivity (Wildman–Crippen MR) is 114 cm³/mol. The van der Waals surface area contributed by atoms with Gasteiger partial charge >= 0.3 is 0 Å². The summed E-state index contributed by atoms with van der Waals surface area (Å²) in [5.74, 6) is 0.578. The zero-order valence-corrected chi connectivity index (χ0v) is 17.1. The Labute approximate surface area is 170 Å². The van der Waals surface area contributed by atoms with Crippen molar-refractivity contribution in [3.8, 4) is 11.1 Å². The Kier molecular flexibility index (Phi) is 6.12. The minimum atomic E-state index is -0.284. The molecule has 0 aliphatic carbocycles. The Morgan fingerprint density at radius 1 is 1.10 bits per heavy atom. The van der Waals surface area contributed by atoms with Gasteiger partial charge < -0.3 is 14.7 Å². The number of halogens is 1. The van der Waals surface area contributed by atoms with Crippen LogP contribution in [0.5, 0.6) is 0 Å². The Morgan fingerprint density at radius 2 is 1.83 bits per heavy atom. The molecule has 0 saturated heterocycles. The first-order valence-corrected chi connectivity index (χ1v) is 9.35. The van der Waals surface area contributed by atoms with E-state index in [2.05, 4.69) is 10.5 Å². The third-order valence-corrected chi connectivity index (χ3v) is 4.53. The molecular weight excluding hydrogens is 367 g/mol. The van der Waals surface area contributed by atoms with Crippen molar-refractivity contribution >= 4 is 11.5 Å². The molecular formula is C23H25FN4O. The van der Waals surface area contributed by atoms with Crippen molar-refractivity contribution in [2.75, 3.05) is 14.1 Å². The Morgan fingerprint density at radius 3 is 2.45 bits per heavy atom. The number of benzene rings is 2. The van der Waals surface area contributed by atoms with Gasteiger partial charge in [-0.15, -0.1) is 0 Å². The summed E-state index contributed by atoms with van der Waals surface area (Å²) in [6.45, 7) is 4.29. The van der Waals surface area contributed by atoms with Gasteiger partial charge in [-0.1, -0.05) is 53.2 Å². The van der Waals surface area contributed by atoms with E-state index >= 15 is 0 Å². The van der Waals surface area contributed by atoms with E-state index < -0.39 is 0 Å². The fraction of sp³-hybridized carbons (Fsp3) is 0.217. The van der Waals surface area contributed by atoms with Crippen molar-refractivity contribution in [3.05, 3.63) is 83.0 Å². The van der Waals surface area contributed by atoms with E-state index in [1.165, 1.54) is 6.07 Å². The van der Waals surface area contributed by atoms with E-state index in [0.717, 1.165) is 22.3 Å². The summed E-state index contributed by atoms with van der Waals surface area (Å²) < 4.78 is 20.4. The van der Waals surface area contributed by atoms with Crippen molar-refractivity contribution in [2.45, 2.75) is 20.4 Å². The quantitative estimate of drug-likeness (QED) is 0.478.